The maximum atomic E-state index is 12.9. The van der Waals surface area contributed by atoms with Crippen molar-refractivity contribution >= 4 is 21.7 Å². The van der Waals surface area contributed by atoms with Crippen LogP contribution in [0.15, 0.2) is 97.3 Å². The first-order valence-electron chi connectivity index (χ1n) is 9.28. The molecule has 0 spiro atoms. The van der Waals surface area contributed by atoms with Crippen LogP contribution >= 0.6 is 0 Å². The minimum absolute atomic E-state index is 0.0679. The molecule has 0 amide bonds. The molecule has 0 aliphatic rings. The predicted molar refractivity (Wildman–Crippen MR) is 114 cm³/mol. The quantitative estimate of drug-likeness (QED) is 0.298. The van der Waals surface area contributed by atoms with Gasteiger partial charge in [0.25, 0.3) is 0 Å². The molecular formula is C25H16O4. The van der Waals surface area contributed by atoms with Crippen molar-refractivity contribution in [3.8, 4) is 22.5 Å². The molecule has 0 fully saturated rings. The van der Waals surface area contributed by atoms with Crippen LogP contribution in [0.2, 0.25) is 0 Å². The Morgan fingerprint density at radius 3 is 1.97 bits per heavy atom. The summed E-state index contributed by atoms with van der Waals surface area (Å²) in [7, 11) is 0. The molecule has 0 atom stereocenters. The minimum atomic E-state index is -0.698. The van der Waals surface area contributed by atoms with E-state index in [-0.39, 0.29) is 5.39 Å². The Labute approximate surface area is 165 Å². The molecule has 29 heavy (non-hydrogen) atoms. The highest BCUT2D eigenvalue weighted by atomic mass is 16.4. The lowest BCUT2D eigenvalue weighted by molar-refractivity contribution is 0.525. The van der Waals surface area contributed by atoms with Gasteiger partial charge in [-0.1, -0.05) is 72.3 Å². The van der Waals surface area contributed by atoms with Crippen LogP contribution in [0, 0.1) is 6.92 Å². The van der Waals surface area contributed by atoms with Crippen LogP contribution in [0.4, 0.5) is 0 Å². The summed E-state index contributed by atoms with van der Waals surface area (Å²) >= 11 is 0. The van der Waals surface area contributed by atoms with Crippen LogP contribution in [0.1, 0.15) is 5.56 Å². The standard InChI is InChI=1S/C25H16O4/c1-15-12-13-19-18(14-15)21-20(16-8-4-2-5-9-16)23(17-10-6-3-7-11-17)29-25(27)22(21)24(26)28-19/h2-14H,1H3. The molecule has 5 aromatic rings. The van der Waals surface area contributed by atoms with Gasteiger partial charge in [0.05, 0.1) is 0 Å². The molecule has 3 aromatic carbocycles. The van der Waals surface area contributed by atoms with E-state index < -0.39 is 11.3 Å². The van der Waals surface area contributed by atoms with Crippen LogP contribution in [0.5, 0.6) is 0 Å². The summed E-state index contributed by atoms with van der Waals surface area (Å²) in [6, 6.07) is 24.6. The molecule has 0 saturated carbocycles. The maximum absolute atomic E-state index is 12.9. The van der Waals surface area contributed by atoms with Gasteiger partial charge in [-0.25, -0.2) is 9.59 Å². The second-order valence-electron chi connectivity index (χ2n) is 6.96. The minimum Gasteiger partial charge on any atom is -0.422 e. The largest absolute Gasteiger partial charge is 0.422 e. The van der Waals surface area contributed by atoms with Crippen LogP contribution in [0.25, 0.3) is 44.2 Å². The summed E-state index contributed by atoms with van der Waals surface area (Å²) in [5, 5.41) is 1.20. The second kappa shape index (κ2) is 6.60. The van der Waals surface area contributed by atoms with E-state index in [4.69, 9.17) is 8.83 Å². The van der Waals surface area contributed by atoms with Crippen LogP contribution in [-0.4, -0.2) is 0 Å². The van der Waals surface area contributed by atoms with E-state index in [2.05, 4.69) is 0 Å². The first-order valence-corrected chi connectivity index (χ1v) is 9.28. The van der Waals surface area contributed by atoms with Crippen LogP contribution in [0.3, 0.4) is 0 Å². The van der Waals surface area contributed by atoms with Crippen LogP contribution < -0.4 is 11.3 Å². The fourth-order valence-electron chi connectivity index (χ4n) is 3.74. The molecule has 2 aromatic heterocycles. The zero-order valence-electron chi connectivity index (χ0n) is 15.6. The molecular weight excluding hydrogens is 364 g/mol. The average Bonchev–Trinajstić information content (AvgIpc) is 2.75. The lowest BCUT2D eigenvalue weighted by atomic mass is 9.93. The highest BCUT2D eigenvalue weighted by Crippen LogP contribution is 2.39. The molecule has 0 aliphatic heterocycles. The van der Waals surface area contributed by atoms with Gasteiger partial charge in [-0.15, -0.1) is 0 Å². The van der Waals surface area contributed by atoms with Crippen molar-refractivity contribution < 1.29 is 8.83 Å². The highest BCUT2D eigenvalue weighted by Gasteiger charge is 2.22. The number of hydrogen-bond acceptors (Lipinski definition) is 4. The van der Waals surface area contributed by atoms with Crippen molar-refractivity contribution in [2.24, 2.45) is 0 Å². The SMILES string of the molecule is Cc1ccc2oc(=O)c3c(=O)oc(-c4ccccc4)c(-c4ccccc4)c3c2c1. The number of benzene rings is 3. The normalized spacial score (nSPS) is 11.2. The summed E-state index contributed by atoms with van der Waals surface area (Å²) in [5.74, 6) is 0.433. The van der Waals surface area contributed by atoms with Crippen LogP contribution in [-0.2, 0) is 0 Å². The zero-order valence-corrected chi connectivity index (χ0v) is 15.6. The van der Waals surface area contributed by atoms with E-state index in [1.165, 1.54) is 0 Å². The zero-order chi connectivity index (χ0) is 20.0. The molecule has 0 N–H and O–H groups in total. The molecule has 0 bridgehead atoms. The Morgan fingerprint density at radius 1 is 0.655 bits per heavy atom. The topological polar surface area (TPSA) is 60.4 Å². The number of aryl methyl sites for hydroxylation is 1. The Morgan fingerprint density at radius 2 is 1.28 bits per heavy atom. The maximum Gasteiger partial charge on any atom is 0.351 e. The molecule has 140 valence electrons. The van der Waals surface area contributed by atoms with Gasteiger partial charge in [-0.3, -0.25) is 0 Å². The smallest absolute Gasteiger partial charge is 0.351 e. The Balaban J connectivity index is 2.10. The lowest BCUT2D eigenvalue weighted by Crippen LogP contribution is -2.13. The molecule has 0 aliphatic carbocycles. The van der Waals surface area contributed by atoms with E-state index in [1.54, 1.807) is 6.07 Å². The van der Waals surface area contributed by atoms with Gasteiger partial charge in [-0.05, 0) is 24.6 Å². The lowest BCUT2D eigenvalue weighted by Gasteiger charge is -2.13. The van der Waals surface area contributed by atoms with E-state index in [9.17, 15) is 9.59 Å². The monoisotopic (exact) mass is 380 g/mol. The van der Waals surface area contributed by atoms with E-state index in [1.807, 2.05) is 79.7 Å². The van der Waals surface area contributed by atoms with Gasteiger partial charge in [0.1, 0.15) is 11.3 Å². The number of fused-ring (bicyclic) bond motifs is 3. The van der Waals surface area contributed by atoms with Gasteiger partial charge in [0, 0.05) is 21.9 Å². The second-order valence-corrected chi connectivity index (χ2v) is 6.96. The van der Waals surface area contributed by atoms with Crippen molar-refractivity contribution in [3.05, 3.63) is 105 Å². The van der Waals surface area contributed by atoms with Crippen molar-refractivity contribution in [3.63, 3.8) is 0 Å². The van der Waals surface area contributed by atoms with E-state index in [0.29, 0.717) is 27.7 Å². The fraction of sp³-hybridized carbons (Fsp3) is 0.0400. The van der Waals surface area contributed by atoms with Gasteiger partial charge in [0.15, 0.2) is 5.39 Å². The Bertz CT molecular complexity index is 1480. The summed E-state index contributed by atoms with van der Waals surface area (Å²) < 4.78 is 11.1. The van der Waals surface area contributed by atoms with E-state index in [0.717, 1.165) is 16.7 Å². The van der Waals surface area contributed by atoms with Gasteiger partial charge >= 0.3 is 11.3 Å². The van der Waals surface area contributed by atoms with E-state index >= 15 is 0 Å². The molecule has 4 heteroatoms. The molecule has 0 radical (unpaired) electrons. The summed E-state index contributed by atoms with van der Waals surface area (Å²) in [6.45, 7) is 1.96. The Hall–Kier alpha value is -3.92. The molecule has 2 heterocycles. The van der Waals surface area contributed by atoms with Crippen molar-refractivity contribution in [1.82, 2.24) is 0 Å². The summed E-state index contributed by atoms with van der Waals surface area (Å²) in [5.41, 5.74) is 2.37. The molecule has 0 saturated heterocycles. The summed E-state index contributed by atoms with van der Waals surface area (Å²) in [4.78, 5) is 25.6. The Kier molecular flexibility index (Phi) is 3.91. The van der Waals surface area contributed by atoms with Gasteiger partial charge in [-0.2, -0.15) is 0 Å². The third kappa shape index (κ3) is 2.77. The summed E-state index contributed by atoms with van der Waals surface area (Å²) in [6.07, 6.45) is 0. The molecule has 5 rings (SSSR count). The highest BCUT2D eigenvalue weighted by molar-refractivity contribution is 6.14. The van der Waals surface area contributed by atoms with Crippen molar-refractivity contribution in [1.29, 1.82) is 0 Å². The van der Waals surface area contributed by atoms with Crippen molar-refractivity contribution in [2.45, 2.75) is 6.92 Å². The van der Waals surface area contributed by atoms with Gasteiger partial charge in [0.2, 0.25) is 0 Å². The predicted octanol–water partition coefficient (Wildman–Crippen LogP) is 5.54. The number of rotatable bonds is 2. The van der Waals surface area contributed by atoms with Crippen molar-refractivity contribution in [2.75, 3.05) is 0 Å². The molecule has 0 unspecified atom stereocenters. The average molecular weight is 380 g/mol. The first-order chi connectivity index (χ1) is 14.1. The molecule has 4 nitrogen and oxygen atoms in total. The first kappa shape index (κ1) is 17.2. The number of hydrogen-bond donors (Lipinski definition) is 0. The van der Waals surface area contributed by atoms with Gasteiger partial charge < -0.3 is 8.83 Å². The fourth-order valence-corrected chi connectivity index (χ4v) is 3.74. The third-order valence-corrected chi connectivity index (χ3v) is 5.04. The third-order valence-electron chi connectivity index (χ3n) is 5.04.